The lowest BCUT2D eigenvalue weighted by atomic mass is 10.1. The monoisotopic (exact) mass is 300 g/mol. The lowest BCUT2D eigenvalue weighted by Gasteiger charge is -2.08. The Hall–Kier alpha value is -1.18. The largest absolute Gasteiger partial charge is 0.497 e. The number of thioether (sulfide) groups is 2. The van der Waals surface area contributed by atoms with E-state index in [1.165, 1.54) is 36.1 Å². The SMILES string of the molecule is CN.COc1cc(CSC=N)cc(CSC(=N)N)c1. The first kappa shape index (κ1) is 17.8. The van der Waals surface area contributed by atoms with Gasteiger partial charge in [-0.05, 0) is 30.3 Å². The van der Waals surface area contributed by atoms with Crippen LogP contribution in [0.4, 0.5) is 0 Å². The van der Waals surface area contributed by atoms with Gasteiger partial charge in [0.05, 0.1) is 12.7 Å². The van der Waals surface area contributed by atoms with Crippen LogP contribution in [0, 0.1) is 10.8 Å². The molecule has 0 aliphatic heterocycles. The molecule has 1 aromatic rings. The normalized spacial score (nSPS) is 9.21. The predicted molar refractivity (Wildman–Crippen MR) is 86.4 cm³/mol. The number of hydrogen-bond donors (Lipinski definition) is 4. The molecule has 0 unspecified atom stereocenters. The third-order valence-electron chi connectivity index (χ3n) is 1.99. The molecule has 0 saturated heterocycles. The summed E-state index contributed by atoms with van der Waals surface area (Å²) in [5.74, 6) is 2.21. The van der Waals surface area contributed by atoms with E-state index in [-0.39, 0.29) is 5.17 Å². The molecule has 1 rings (SSSR count). The minimum absolute atomic E-state index is 0.114. The summed E-state index contributed by atoms with van der Waals surface area (Å²) in [6.45, 7) is 0. The van der Waals surface area contributed by atoms with Gasteiger partial charge in [-0.3, -0.25) is 5.41 Å². The Morgan fingerprint density at radius 3 is 2.32 bits per heavy atom. The molecular weight excluding hydrogens is 280 g/mol. The number of ether oxygens (including phenoxy) is 1. The fourth-order valence-electron chi connectivity index (χ4n) is 1.31. The fourth-order valence-corrected chi connectivity index (χ4v) is 2.24. The summed E-state index contributed by atoms with van der Waals surface area (Å²) >= 11 is 2.72. The zero-order valence-electron chi connectivity index (χ0n) is 11.1. The standard InChI is InChI=1S/C11H15N3OS2.CH5N/c1-15-10-3-8(5-16-7-12)2-9(4-10)6-17-11(13)14;1-2/h2-4,7,12H,5-6H2,1H3,(H3,13,14);2H2,1H3. The zero-order valence-corrected chi connectivity index (χ0v) is 12.7. The smallest absolute Gasteiger partial charge is 0.151 e. The molecule has 5 nitrogen and oxygen atoms in total. The van der Waals surface area contributed by atoms with E-state index in [9.17, 15) is 0 Å². The van der Waals surface area contributed by atoms with Crippen LogP contribution in [-0.4, -0.2) is 24.9 Å². The summed E-state index contributed by atoms with van der Waals surface area (Å²) in [6.07, 6.45) is 0. The van der Waals surface area contributed by atoms with Crippen LogP contribution in [0.15, 0.2) is 18.2 Å². The highest BCUT2D eigenvalue weighted by atomic mass is 32.2. The Morgan fingerprint density at radius 2 is 1.84 bits per heavy atom. The number of amidine groups is 1. The molecule has 0 saturated carbocycles. The third-order valence-corrected chi connectivity index (χ3v) is 3.44. The van der Waals surface area contributed by atoms with Crippen LogP contribution in [0.2, 0.25) is 0 Å². The van der Waals surface area contributed by atoms with E-state index in [0.29, 0.717) is 5.75 Å². The van der Waals surface area contributed by atoms with Crippen molar-refractivity contribution >= 4 is 34.2 Å². The maximum absolute atomic E-state index is 7.18. The molecule has 19 heavy (non-hydrogen) atoms. The van der Waals surface area contributed by atoms with Crippen molar-refractivity contribution in [3.8, 4) is 5.75 Å². The Bertz CT molecular complexity index is 413. The Balaban J connectivity index is 0.00000154. The van der Waals surface area contributed by atoms with Gasteiger partial charge in [-0.1, -0.05) is 17.8 Å². The van der Waals surface area contributed by atoms with E-state index >= 15 is 0 Å². The third kappa shape index (κ3) is 7.76. The summed E-state index contributed by atoms with van der Waals surface area (Å²) in [4.78, 5) is 0. The van der Waals surface area contributed by atoms with Gasteiger partial charge < -0.3 is 21.6 Å². The van der Waals surface area contributed by atoms with Gasteiger partial charge in [-0.15, -0.1) is 11.8 Å². The Labute approximate surface area is 122 Å². The number of hydrogen-bond acceptors (Lipinski definition) is 6. The zero-order chi connectivity index (χ0) is 14.7. The summed E-state index contributed by atoms with van der Waals surface area (Å²) in [5.41, 5.74) is 13.3. The predicted octanol–water partition coefficient (Wildman–Crippen LogP) is 2.24. The number of methoxy groups -OCH3 is 1. The molecule has 0 aromatic heterocycles. The van der Waals surface area contributed by atoms with Gasteiger partial charge in [0.1, 0.15) is 5.75 Å². The first-order valence-corrected chi connectivity index (χ1v) is 7.51. The van der Waals surface area contributed by atoms with Crippen LogP contribution < -0.4 is 16.2 Å². The lowest BCUT2D eigenvalue weighted by molar-refractivity contribution is 0.414. The van der Waals surface area contributed by atoms with Crippen LogP contribution in [-0.2, 0) is 11.5 Å². The van der Waals surface area contributed by atoms with Crippen molar-refractivity contribution < 1.29 is 4.74 Å². The summed E-state index contributed by atoms with van der Waals surface area (Å²) in [6, 6.07) is 5.95. The average Bonchev–Trinajstić information content (AvgIpc) is 2.44. The van der Waals surface area contributed by atoms with Crippen molar-refractivity contribution in [3.05, 3.63) is 29.3 Å². The molecule has 106 valence electrons. The summed E-state index contributed by atoms with van der Waals surface area (Å²) < 4.78 is 5.22. The van der Waals surface area contributed by atoms with Gasteiger partial charge in [0.2, 0.25) is 0 Å². The van der Waals surface area contributed by atoms with E-state index in [4.69, 9.17) is 21.3 Å². The van der Waals surface area contributed by atoms with Crippen molar-refractivity contribution in [2.45, 2.75) is 11.5 Å². The van der Waals surface area contributed by atoms with Crippen LogP contribution in [0.1, 0.15) is 11.1 Å². The van der Waals surface area contributed by atoms with E-state index in [1.807, 2.05) is 12.1 Å². The second-order valence-electron chi connectivity index (χ2n) is 3.27. The van der Waals surface area contributed by atoms with Crippen LogP contribution in [0.3, 0.4) is 0 Å². The molecular formula is C12H20N4OS2. The molecule has 0 amide bonds. The lowest BCUT2D eigenvalue weighted by Crippen LogP contribution is -2.04. The average molecular weight is 300 g/mol. The van der Waals surface area contributed by atoms with Gasteiger partial charge in [0, 0.05) is 11.5 Å². The number of rotatable bonds is 6. The van der Waals surface area contributed by atoms with Crippen molar-refractivity contribution in [2.75, 3.05) is 14.2 Å². The van der Waals surface area contributed by atoms with Gasteiger partial charge in [-0.25, -0.2) is 0 Å². The second-order valence-corrected chi connectivity index (χ2v) is 5.15. The minimum Gasteiger partial charge on any atom is -0.497 e. The molecule has 6 N–H and O–H groups in total. The highest BCUT2D eigenvalue weighted by Gasteiger charge is 2.03. The van der Waals surface area contributed by atoms with E-state index < -0.39 is 0 Å². The molecule has 0 atom stereocenters. The Morgan fingerprint density at radius 1 is 1.26 bits per heavy atom. The van der Waals surface area contributed by atoms with Crippen molar-refractivity contribution in [2.24, 2.45) is 11.5 Å². The van der Waals surface area contributed by atoms with Crippen LogP contribution >= 0.6 is 23.5 Å². The maximum atomic E-state index is 7.18. The van der Waals surface area contributed by atoms with Crippen LogP contribution in [0.25, 0.3) is 0 Å². The highest BCUT2D eigenvalue weighted by Crippen LogP contribution is 2.23. The van der Waals surface area contributed by atoms with E-state index in [0.717, 1.165) is 22.6 Å². The topological polar surface area (TPSA) is 109 Å². The van der Waals surface area contributed by atoms with Gasteiger partial charge in [-0.2, -0.15) is 0 Å². The van der Waals surface area contributed by atoms with Crippen molar-refractivity contribution in [3.63, 3.8) is 0 Å². The molecule has 7 heteroatoms. The van der Waals surface area contributed by atoms with Gasteiger partial charge in [0.25, 0.3) is 0 Å². The number of benzene rings is 1. The molecule has 1 aromatic carbocycles. The Kier molecular flexibility index (Phi) is 10.1. The second kappa shape index (κ2) is 10.7. The molecule has 0 aliphatic carbocycles. The summed E-state index contributed by atoms with van der Waals surface area (Å²) in [7, 11) is 3.13. The van der Waals surface area contributed by atoms with Crippen LogP contribution in [0.5, 0.6) is 5.75 Å². The van der Waals surface area contributed by atoms with Gasteiger partial charge in [0.15, 0.2) is 5.17 Å². The van der Waals surface area contributed by atoms with E-state index in [1.54, 1.807) is 7.11 Å². The van der Waals surface area contributed by atoms with Gasteiger partial charge >= 0.3 is 0 Å². The maximum Gasteiger partial charge on any atom is 0.151 e. The first-order valence-electron chi connectivity index (χ1n) is 5.47. The van der Waals surface area contributed by atoms with Crippen molar-refractivity contribution in [1.29, 1.82) is 10.8 Å². The first-order chi connectivity index (χ1) is 9.15. The molecule has 0 radical (unpaired) electrons. The highest BCUT2D eigenvalue weighted by molar-refractivity contribution is 8.13. The minimum atomic E-state index is 0.114. The molecule has 0 bridgehead atoms. The number of nitrogens with two attached hydrogens (primary N) is 2. The van der Waals surface area contributed by atoms with E-state index in [2.05, 4.69) is 11.8 Å². The number of nitrogens with one attached hydrogen (secondary N) is 2. The molecule has 0 fully saturated rings. The molecule has 0 spiro atoms. The quantitative estimate of drug-likeness (QED) is 0.476. The molecule has 0 heterocycles. The summed E-state index contributed by atoms with van der Waals surface area (Å²) in [5, 5.41) is 14.3. The fraction of sp³-hybridized carbons (Fsp3) is 0.333. The van der Waals surface area contributed by atoms with Crippen molar-refractivity contribution in [1.82, 2.24) is 0 Å². The molecule has 0 aliphatic rings.